The third kappa shape index (κ3) is 4.25. The maximum Gasteiger partial charge on any atom is 0.273 e. The van der Waals surface area contributed by atoms with Gasteiger partial charge in [-0.05, 0) is 30.7 Å². The van der Waals surface area contributed by atoms with Crippen LogP contribution in [0.15, 0.2) is 28.9 Å². The molecule has 0 bridgehead atoms. The Kier molecular flexibility index (Phi) is 5.68. The molecule has 1 amide bonds. The van der Waals surface area contributed by atoms with Crippen LogP contribution in [0.3, 0.4) is 0 Å². The number of nitrogens with zero attached hydrogens (tertiary/aromatic N) is 4. The minimum atomic E-state index is -0.183. The summed E-state index contributed by atoms with van der Waals surface area (Å²) in [6, 6.07) is 5.60. The van der Waals surface area contributed by atoms with Crippen molar-refractivity contribution >= 4 is 23.5 Å². The first-order chi connectivity index (χ1) is 11.8. The van der Waals surface area contributed by atoms with Crippen molar-refractivity contribution in [3.8, 4) is 0 Å². The van der Waals surface area contributed by atoms with E-state index in [0.29, 0.717) is 5.69 Å². The molecule has 8 heteroatoms. The Morgan fingerprint density at radius 2 is 2.46 bits per heavy atom. The number of carbonyl (C=O) groups is 1. The van der Waals surface area contributed by atoms with Crippen molar-refractivity contribution in [2.24, 2.45) is 0 Å². The van der Waals surface area contributed by atoms with Gasteiger partial charge in [0.25, 0.3) is 5.91 Å². The van der Waals surface area contributed by atoms with Gasteiger partial charge in [-0.3, -0.25) is 4.79 Å². The maximum absolute atomic E-state index is 12.4. The number of carbonyl (C=O) groups excluding carboxylic acids is 1. The number of anilines is 1. The second-order valence-corrected chi connectivity index (χ2v) is 6.93. The minimum absolute atomic E-state index is 0.0680. The van der Waals surface area contributed by atoms with Crippen molar-refractivity contribution in [2.75, 3.05) is 23.7 Å². The molecule has 1 aliphatic rings. The standard InChI is InChI=1S/C16H21N5O2S/c1-2-24-11-13-9-14(20-23-13)16(22)18-12-5-4-8-21(10-12)15-6-3-7-17-19-15/h3,6-7,9,12H,2,4-5,8,10-11H2,1H3,(H,18,22)/t12-/m1/s1. The van der Waals surface area contributed by atoms with E-state index in [9.17, 15) is 4.79 Å². The molecule has 128 valence electrons. The Balaban J connectivity index is 1.57. The number of nitrogens with one attached hydrogen (secondary N) is 1. The second kappa shape index (κ2) is 8.14. The predicted octanol–water partition coefficient (Wildman–Crippen LogP) is 2.12. The summed E-state index contributed by atoms with van der Waals surface area (Å²) in [4.78, 5) is 14.5. The quantitative estimate of drug-likeness (QED) is 0.857. The smallest absolute Gasteiger partial charge is 0.273 e. The zero-order valence-electron chi connectivity index (χ0n) is 13.6. The normalized spacial score (nSPS) is 17.7. The highest BCUT2D eigenvalue weighted by Crippen LogP contribution is 2.17. The van der Waals surface area contributed by atoms with Gasteiger partial charge in [0.1, 0.15) is 5.76 Å². The highest BCUT2D eigenvalue weighted by molar-refractivity contribution is 7.98. The summed E-state index contributed by atoms with van der Waals surface area (Å²) in [6.07, 6.45) is 3.60. The van der Waals surface area contributed by atoms with Gasteiger partial charge in [-0.2, -0.15) is 16.9 Å². The Morgan fingerprint density at radius 1 is 1.54 bits per heavy atom. The average molecular weight is 347 g/mol. The molecule has 0 aliphatic carbocycles. The monoisotopic (exact) mass is 347 g/mol. The van der Waals surface area contributed by atoms with Crippen LogP contribution in [0, 0.1) is 0 Å². The highest BCUT2D eigenvalue weighted by atomic mass is 32.2. The molecule has 0 radical (unpaired) electrons. The molecule has 0 unspecified atom stereocenters. The van der Waals surface area contributed by atoms with Crippen LogP contribution in [0.25, 0.3) is 0 Å². The zero-order chi connectivity index (χ0) is 16.8. The number of amides is 1. The number of rotatable bonds is 6. The van der Waals surface area contributed by atoms with Gasteiger partial charge in [-0.25, -0.2) is 0 Å². The summed E-state index contributed by atoms with van der Waals surface area (Å²) < 4.78 is 5.21. The summed E-state index contributed by atoms with van der Waals surface area (Å²) in [6.45, 7) is 3.73. The lowest BCUT2D eigenvalue weighted by Crippen LogP contribution is -2.48. The lowest BCUT2D eigenvalue weighted by atomic mass is 10.1. The van der Waals surface area contributed by atoms with Gasteiger partial charge in [-0.15, -0.1) is 5.10 Å². The van der Waals surface area contributed by atoms with Gasteiger partial charge in [-0.1, -0.05) is 12.1 Å². The van der Waals surface area contributed by atoms with Gasteiger partial charge in [0.2, 0.25) is 0 Å². The largest absolute Gasteiger partial charge is 0.360 e. The van der Waals surface area contributed by atoms with Crippen molar-refractivity contribution < 1.29 is 9.32 Å². The second-order valence-electron chi connectivity index (χ2n) is 5.66. The first kappa shape index (κ1) is 16.8. The Morgan fingerprint density at radius 3 is 3.25 bits per heavy atom. The molecule has 0 spiro atoms. The number of hydrogen-bond donors (Lipinski definition) is 1. The fourth-order valence-corrected chi connectivity index (χ4v) is 3.26. The van der Waals surface area contributed by atoms with Crippen LogP contribution in [-0.4, -0.2) is 46.1 Å². The van der Waals surface area contributed by atoms with Crippen LogP contribution in [-0.2, 0) is 5.75 Å². The van der Waals surface area contributed by atoms with Gasteiger partial charge in [0.05, 0.1) is 5.75 Å². The SMILES string of the molecule is CCSCc1cc(C(=O)N[C@@H]2CCCN(c3cccnn3)C2)no1. The average Bonchev–Trinajstić information content (AvgIpc) is 3.10. The van der Waals surface area contributed by atoms with Crippen LogP contribution in [0.5, 0.6) is 0 Å². The van der Waals surface area contributed by atoms with Crippen molar-refractivity contribution in [2.45, 2.75) is 31.6 Å². The van der Waals surface area contributed by atoms with E-state index < -0.39 is 0 Å². The molecular weight excluding hydrogens is 326 g/mol. The fourth-order valence-electron chi connectivity index (χ4n) is 2.72. The van der Waals surface area contributed by atoms with E-state index in [1.165, 1.54) is 0 Å². The van der Waals surface area contributed by atoms with E-state index in [2.05, 4.69) is 32.5 Å². The van der Waals surface area contributed by atoms with Crippen LogP contribution >= 0.6 is 11.8 Å². The summed E-state index contributed by atoms with van der Waals surface area (Å²) in [7, 11) is 0. The maximum atomic E-state index is 12.4. The molecular formula is C16H21N5O2S. The molecule has 0 aromatic carbocycles. The number of piperidine rings is 1. The lowest BCUT2D eigenvalue weighted by Gasteiger charge is -2.33. The third-order valence-corrected chi connectivity index (χ3v) is 4.78. The molecule has 1 N–H and O–H groups in total. The first-order valence-electron chi connectivity index (χ1n) is 8.13. The Bertz CT molecular complexity index is 663. The van der Waals surface area contributed by atoms with Crippen LogP contribution in [0.1, 0.15) is 36.0 Å². The van der Waals surface area contributed by atoms with E-state index in [-0.39, 0.29) is 11.9 Å². The van der Waals surface area contributed by atoms with Gasteiger partial charge >= 0.3 is 0 Å². The fraction of sp³-hybridized carbons (Fsp3) is 0.500. The van der Waals surface area contributed by atoms with Gasteiger partial charge < -0.3 is 14.7 Å². The molecule has 1 atom stereocenters. The van der Waals surface area contributed by atoms with Crippen LogP contribution in [0.2, 0.25) is 0 Å². The minimum Gasteiger partial charge on any atom is -0.360 e. The molecule has 1 saturated heterocycles. The zero-order valence-corrected chi connectivity index (χ0v) is 14.5. The van der Waals surface area contributed by atoms with Crippen molar-refractivity contribution in [3.63, 3.8) is 0 Å². The summed E-state index contributed by atoms with van der Waals surface area (Å²) >= 11 is 1.73. The molecule has 7 nitrogen and oxygen atoms in total. The predicted molar refractivity (Wildman–Crippen MR) is 93.1 cm³/mol. The molecule has 24 heavy (non-hydrogen) atoms. The van der Waals surface area contributed by atoms with E-state index in [1.54, 1.807) is 24.0 Å². The van der Waals surface area contributed by atoms with Crippen molar-refractivity contribution in [1.29, 1.82) is 0 Å². The van der Waals surface area contributed by atoms with E-state index in [1.807, 2.05) is 12.1 Å². The van der Waals surface area contributed by atoms with Gasteiger partial charge in [0, 0.05) is 31.4 Å². The summed E-state index contributed by atoms with van der Waals surface area (Å²) in [5, 5.41) is 15.0. The Hall–Kier alpha value is -2.09. The third-order valence-electron chi connectivity index (χ3n) is 3.88. The molecule has 2 aromatic rings. The summed E-state index contributed by atoms with van der Waals surface area (Å²) in [5.74, 6) is 3.13. The molecule has 0 saturated carbocycles. The molecule has 3 rings (SSSR count). The number of hydrogen-bond acceptors (Lipinski definition) is 7. The number of thioether (sulfide) groups is 1. The van der Waals surface area contributed by atoms with E-state index >= 15 is 0 Å². The molecule has 1 aliphatic heterocycles. The van der Waals surface area contributed by atoms with E-state index in [0.717, 1.165) is 49.0 Å². The van der Waals surface area contributed by atoms with E-state index in [4.69, 9.17) is 4.52 Å². The first-order valence-corrected chi connectivity index (χ1v) is 9.28. The number of aromatic nitrogens is 3. The van der Waals surface area contributed by atoms with Crippen molar-refractivity contribution in [1.82, 2.24) is 20.7 Å². The lowest BCUT2D eigenvalue weighted by molar-refractivity contribution is 0.0924. The topological polar surface area (TPSA) is 84.2 Å². The molecule has 1 fully saturated rings. The molecule has 3 heterocycles. The highest BCUT2D eigenvalue weighted by Gasteiger charge is 2.24. The van der Waals surface area contributed by atoms with Crippen molar-refractivity contribution in [3.05, 3.63) is 35.9 Å². The Labute approximate surface area is 145 Å². The summed E-state index contributed by atoms with van der Waals surface area (Å²) in [5.41, 5.74) is 0.346. The van der Waals surface area contributed by atoms with Crippen LogP contribution in [0.4, 0.5) is 5.82 Å². The van der Waals surface area contributed by atoms with Crippen LogP contribution < -0.4 is 10.2 Å². The van der Waals surface area contributed by atoms with Gasteiger partial charge in [0.15, 0.2) is 11.5 Å². The molecule has 2 aromatic heterocycles.